The van der Waals surface area contributed by atoms with Gasteiger partial charge in [-0.05, 0) is 47.6 Å². The second-order valence-electron chi connectivity index (χ2n) is 5.84. The predicted molar refractivity (Wildman–Crippen MR) is 80.8 cm³/mol. The van der Waals surface area contributed by atoms with Gasteiger partial charge in [0.05, 0.1) is 13.2 Å². The highest BCUT2D eigenvalue weighted by Crippen LogP contribution is 2.33. The van der Waals surface area contributed by atoms with E-state index in [1.54, 1.807) is 6.92 Å². The van der Waals surface area contributed by atoms with Crippen molar-refractivity contribution >= 4 is 17.2 Å². The number of carbonyl (C=O) groups is 1. The summed E-state index contributed by atoms with van der Waals surface area (Å²) in [5.41, 5.74) is 5.03. The molecule has 0 aromatic heterocycles. The number of nitrogens with zero attached hydrogens (tertiary/aromatic N) is 1. The van der Waals surface area contributed by atoms with E-state index >= 15 is 0 Å². The Morgan fingerprint density at radius 3 is 2.95 bits per heavy atom. The summed E-state index contributed by atoms with van der Waals surface area (Å²) in [6.07, 6.45) is 4.20. The van der Waals surface area contributed by atoms with E-state index in [4.69, 9.17) is 4.74 Å². The summed E-state index contributed by atoms with van der Waals surface area (Å²) in [6, 6.07) is 6.51. The van der Waals surface area contributed by atoms with E-state index in [1.807, 2.05) is 4.90 Å². The zero-order valence-electron chi connectivity index (χ0n) is 12.2. The first-order valence-electron chi connectivity index (χ1n) is 7.33. The van der Waals surface area contributed by atoms with Gasteiger partial charge in [-0.3, -0.25) is 4.79 Å². The average Bonchev–Trinajstić information content (AvgIpc) is 2.46. The lowest BCUT2D eigenvalue weighted by molar-refractivity contribution is -0.116. The van der Waals surface area contributed by atoms with Gasteiger partial charge in [-0.15, -0.1) is 0 Å². The maximum Gasteiger partial charge on any atom is 0.223 e. The van der Waals surface area contributed by atoms with E-state index in [2.05, 4.69) is 31.2 Å². The van der Waals surface area contributed by atoms with Gasteiger partial charge in [0.15, 0.2) is 0 Å². The molecule has 0 unspecified atom stereocenters. The molecule has 0 saturated carbocycles. The third-order valence-corrected chi connectivity index (χ3v) is 4.15. The van der Waals surface area contributed by atoms with E-state index in [-0.39, 0.29) is 5.91 Å². The van der Waals surface area contributed by atoms with Gasteiger partial charge < -0.3 is 9.64 Å². The summed E-state index contributed by atoms with van der Waals surface area (Å²) in [5.74, 6) is 0.654. The van der Waals surface area contributed by atoms with Crippen molar-refractivity contribution in [3.8, 4) is 0 Å². The Kier molecular flexibility index (Phi) is 3.62. The lowest BCUT2D eigenvalue weighted by atomic mass is 9.90. The summed E-state index contributed by atoms with van der Waals surface area (Å²) in [4.78, 5) is 13.7. The predicted octanol–water partition coefficient (Wildman–Crippen LogP) is 3.04. The molecule has 2 aliphatic heterocycles. The van der Waals surface area contributed by atoms with E-state index in [1.165, 1.54) is 16.7 Å². The molecule has 0 bridgehead atoms. The van der Waals surface area contributed by atoms with Gasteiger partial charge in [-0.2, -0.15) is 0 Å². The van der Waals surface area contributed by atoms with Gasteiger partial charge in [0.25, 0.3) is 0 Å². The Labute approximate surface area is 120 Å². The quantitative estimate of drug-likeness (QED) is 0.785. The monoisotopic (exact) mass is 271 g/mol. The van der Waals surface area contributed by atoms with Crippen molar-refractivity contribution in [1.29, 1.82) is 0 Å². The van der Waals surface area contributed by atoms with Crippen molar-refractivity contribution in [2.45, 2.75) is 26.7 Å². The summed E-state index contributed by atoms with van der Waals surface area (Å²) >= 11 is 0. The van der Waals surface area contributed by atoms with Gasteiger partial charge in [0, 0.05) is 19.2 Å². The molecule has 1 aromatic carbocycles. The van der Waals surface area contributed by atoms with Gasteiger partial charge in [-0.25, -0.2) is 0 Å². The molecule has 20 heavy (non-hydrogen) atoms. The van der Waals surface area contributed by atoms with Crippen molar-refractivity contribution in [2.75, 3.05) is 24.7 Å². The Bertz CT molecular complexity index is 562. The van der Waals surface area contributed by atoms with Crippen molar-refractivity contribution < 1.29 is 9.53 Å². The Hall–Kier alpha value is -1.61. The first-order valence-corrected chi connectivity index (χ1v) is 7.33. The lowest BCUT2D eigenvalue weighted by Crippen LogP contribution is -2.37. The zero-order chi connectivity index (χ0) is 14.1. The van der Waals surface area contributed by atoms with E-state index in [0.29, 0.717) is 12.5 Å². The van der Waals surface area contributed by atoms with E-state index < -0.39 is 0 Å². The molecular formula is C17H21NO2. The fourth-order valence-electron chi connectivity index (χ4n) is 3.15. The largest absolute Gasteiger partial charge is 0.377 e. The number of benzene rings is 1. The minimum atomic E-state index is 0.135. The molecule has 0 aliphatic carbocycles. The van der Waals surface area contributed by atoms with Gasteiger partial charge in [0.2, 0.25) is 5.91 Å². The molecule has 0 saturated heterocycles. The molecule has 0 spiro atoms. The second kappa shape index (κ2) is 5.41. The lowest BCUT2D eigenvalue weighted by Gasteiger charge is -2.33. The topological polar surface area (TPSA) is 29.5 Å². The molecule has 3 heteroatoms. The molecule has 0 radical (unpaired) electrons. The van der Waals surface area contributed by atoms with Gasteiger partial charge in [-0.1, -0.05) is 19.1 Å². The van der Waals surface area contributed by atoms with Crippen LogP contribution in [-0.2, 0) is 16.0 Å². The number of hydrogen-bond acceptors (Lipinski definition) is 2. The highest BCUT2D eigenvalue weighted by molar-refractivity contribution is 5.93. The van der Waals surface area contributed by atoms with E-state index in [9.17, 15) is 4.79 Å². The zero-order valence-corrected chi connectivity index (χ0v) is 12.2. The van der Waals surface area contributed by atoms with Crippen LogP contribution in [0.2, 0.25) is 0 Å². The van der Waals surface area contributed by atoms with Crippen molar-refractivity contribution in [1.82, 2.24) is 0 Å². The van der Waals surface area contributed by atoms with Crippen LogP contribution in [0.5, 0.6) is 0 Å². The molecule has 3 nitrogen and oxygen atoms in total. The van der Waals surface area contributed by atoms with Crippen LogP contribution >= 0.6 is 0 Å². The normalized spacial score (nSPS) is 22.2. The highest BCUT2D eigenvalue weighted by Gasteiger charge is 2.24. The number of carbonyl (C=O) groups excluding carboxylic acids is 1. The van der Waals surface area contributed by atoms with Crippen molar-refractivity contribution in [3.05, 3.63) is 35.4 Å². The van der Waals surface area contributed by atoms with Crippen molar-refractivity contribution in [2.24, 2.45) is 5.92 Å². The van der Waals surface area contributed by atoms with Crippen LogP contribution in [0, 0.1) is 5.92 Å². The van der Waals surface area contributed by atoms with Crippen molar-refractivity contribution in [3.63, 3.8) is 0 Å². The maximum absolute atomic E-state index is 11.8. The molecular weight excluding hydrogens is 250 g/mol. The smallest absolute Gasteiger partial charge is 0.223 e. The highest BCUT2D eigenvalue weighted by atomic mass is 16.5. The SMILES string of the molecule is CC(=O)N1C[C@H](C)Cc2cc(C3=CCOCC3)ccc21. The molecule has 2 heterocycles. The maximum atomic E-state index is 11.8. The number of fused-ring (bicyclic) bond motifs is 1. The number of rotatable bonds is 1. The fourth-order valence-corrected chi connectivity index (χ4v) is 3.15. The van der Waals surface area contributed by atoms with E-state index in [0.717, 1.165) is 31.7 Å². The fraction of sp³-hybridized carbons (Fsp3) is 0.471. The molecule has 2 aliphatic rings. The van der Waals surface area contributed by atoms with Crippen LogP contribution in [0.1, 0.15) is 31.4 Å². The van der Waals surface area contributed by atoms with Gasteiger partial charge >= 0.3 is 0 Å². The van der Waals surface area contributed by atoms with Crippen LogP contribution in [0.25, 0.3) is 5.57 Å². The molecule has 3 rings (SSSR count). The summed E-state index contributed by atoms with van der Waals surface area (Å²) in [6.45, 7) is 6.20. The number of anilines is 1. The summed E-state index contributed by atoms with van der Waals surface area (Å²) in [5, 5.41) is 0. The third-order valence-electron chi connectivity index (χ3n) is 4.15. The van der Waals surface area contributed by atoms with Crippen LogP contribution in [0.15, 0.2) is 24.3 Å². The number of hydrogen-bond donors (Lipinski definition) is 0. The van der Waals surface area contributed by atoms with Crippen LogP contribution in [0.4, 0.5) is 5.69 Å². The molecule has 0 fully saturated rings. The van der Waals surface area contributed by atoms with Crippen LogP contribution in [-0.4, -0.2) is 25.7 Å². The first kappa shape index (κ1) is 13.4. The molecule has 1 amide bonds. The molecule has 106 valence electrons. The molecule has 1 atom stereocenters. The Balaban J connectivity index is 1.97. The average molecular weight is 271 g/mol. The minimum absolute atomic E-state index is 0.135. The standard InChI is InChI=1S/C17H21NO2/c1-12-9-16-10-15(14-5-7-20-8-6-14)3-4-17(16)18(11-12)13(2)19/h3-5,10,12H,6-9,11H2,1-2H3/t12-/m1/s1. The minimum Gasteiger partial charge on any atom is -0.377 e. The molecule has 1 aromatic rings. The second-order valence-corrected chi connectivity index (χ2v) is 5.84. The Morgan fingerprint density at radius 1 is 1.40 bits per heavy atom. The van der Waals surface area contributed by atoms with Gasteiger partial charge in [0.1, 0.15) is 0 Å². The van der Waals surface area contributed by atoms with Crippen LogP contribution in [0.3, 0.4) is 0 Å². The Morgan fingerprint density at radius 2 is 2.25 bits per heavy atom. The number of ether oxygens (including phenoxy) is 1. The summed E-state index contributed by atoms with van der Waals surface area (Å²) < 4.78 is 5.37. The molecule has 0 N–H and O–H groups in total. The number of amides is 1. The first-order chi connectivity index (χ1) is 9.65. The van der Waals surface area contributed by atoms with Crippen LogP contribution < -0.4 is 4.90 Å². The summed E-state index contributed by atoms with van der Waals surface area (Å²) in [7, 11) is 0. The third kappa shape index (κ3) is 2.50.